The van der Waals surface area contributed by atoms with Gasteiger partial charge in [0.2, 0.25) is 0 Å². The molecule has 0 amide bonds. The van der Waals surface area contributed by atoms with E-state index < -0.39 is 24.1 Å². The number of esters is 2. The van der Waals surface area contributed by atoms with Crippen molar-refractivity contribution in [3.05, 3.63) is 0 Å². The molecule has 0 radical (unpaired) electrons. The molecule has 0 aliphatic rings. The molecular weight excluding hydrogens is 504 g/mol. The first-order valence-electron chi connectivity index (χ1n) is 5.08. The van der Waals surface area contributed by atoms with E-state index in [-0.39, 0.29) is 9.65 Å². The van der Waals surface area contributed by atoms with Crippen molar-refractivity contribution >= 4 is 75.7 Å². The number of carbonyl (C=O) groups is 2. The average Bonchev–Trinajstić information content (AvgIpc) is 2.30. The van der Waals surface area contributed by atoms with Gasteiger partial charge in [0.05, 0.1) is 9.65 Å². The first-order valence-corrected chi connectivity index (χ1v) is 9.15. The maximum atomic E-state index is 11.1. The molecule has 106 valence electrons. The van der Waals surface area contributed by atoms with E-state index in [4.69, 9.17) is 9.47 Å². The van der Waals surface area contributed by atoms with E-state index in [0.717, 1.165) is 0 Å². The van der Waals surface area contributed by atoms with E-state index in [0.29, 0.717) is 10.7 Å². The van der Waals surface area contributed by atoms with Gasteiger partial charge in [-0.1, -0.05) is 63.7 Å². The summed E-state index contributed by atoms with van der Waals surface area (Å²) in [7, 11) is 0. The molecule has 0 saturated heterocycles. The third-order valence-corrected chi connectivity index (χ3v) is 6.76. The lowest BCUT2D eigenvalue weighted by Gasteiger charge is -2.31. The molecule has 0 saturated carbocycles. The number of rotatable bonds is 7. The normalized spacial score (nSPS) is 17.4. The van der Waals surface area contributed by atoms with Crippen molar-refractivity contribution in [2.45, 2.75) is 35.7 Å². The third kappa shape index (κ3) is 6.86. The second kappa shape index (κ2) is 9.72. The van der Waals surface area contributed by atoms with Gasteiger partial charge in [0.15, 0.2) is 12.2 Å². The molecule has 0 heterocycles. The monoisotopic (exact) mass is 514 g/mol. The van der Waals surface area contributed by atoms with Gasteiger partial charge < -0.3 is 9.47 Å². The maximum absolute atomic E-state index is 11.1. The van der Waals surface area contributed by atoms with Gasteiger partial charge >= 0.3 is 11.9 Å². The Balaban J connectivity index is 5.04. The molecule has 0 aromatic carbocycles. The fraction of sp³-hybridized carbons (Fsp3) is 0.800. The minimum Gasteiger partial charge on any atom is -0.457 e. The summed E-state index contributed by atoms with van der Waals surface area (Å²) < 4.78 is 10.5. The van der Waals surface area contributed by atoms with Crippen molar-refractivity contribution in [3.63, 3.8) is 0 Å². The Kier molecular flexibility index (Phi) is 10.2. The molecule has 0 rings (SSSR count). The zero-order valence-electron chi connectivity index (χ0n) is 9.87. The van der Waals surface area contributed by atoms with Crippen molar-refractivity contribution in [1.29, 1.82) is 0 Å². The van der Waals surface area contributed by atoms with Gasteiger partial charge in [-0.25, -0.2) is 0 Å². The SMILES string of the molecule is CC(=O)OC(C(Br)CBr)C(OC(C)=O)C(Br)CBr. The highest BCUT2D eigenvalue weighted by Gasteiger charge is 2.37. The molecular formula is C10H14Br4O4. The van der Waals surface area contributed by atoms with Crippen LogP contribution in [0.1, 0.15) is 13.8 Å². The van der Waals surface area contributed by atoms with Gasteiger partial charge in [0, 0.05) is 24.5 Å². The number of carbonyl (C=O) groups excluding carboxylic acids is 2. The van der Waals surface area contributed by atoms with Gasteiger partial charge in [0.1, 0.15) is 0 Å². The van der Waals surface area contributed by atoms with E-state index >= 15 is 0 Å². The molecule has 0 aliphatic heterocycles. The lowest BCUT2D eigenvalue weighted by molar-refractivity contribution is -0.164. The summed E-state index contributed by atoms with van der Waals surface area (Å²) in [6, 6.07) is 0. The first kappa shape index (κ1) is 18.9. The molecule has 8 heteroatoms. The average molecular weight is 518 g/mol. The standard InChI is InChI=1S/C10H14Br4O4/c1-5(15)17-9(7(13)3-11)10(8(14)4-12)18-6(2)16/h7-10H,3-4H2,1-2H3. The highest BCUT2D eigenvalue weighted by molar-refractivity contribution is 9.12. The van der Waals surface area contributed by atoms with E-state index in [9.17, 15) is 9.59 Å². The van der Waals surface area contributed by atoms with Crippen LogP contribution in [-0.4, -0.2) is 44.5 Å². The minimum absolute atomic E-state index is 0.162. The summed E-state index contributed by atoms with van der Waals surface area (Å²) in [5.41, 5.74) is 0. The summed E-state index contributed by atoms with van der Waals surface area (Å²) in [5, 5.41) is 1.12. The van der Waals surface area contributed by atoms with Crippen LogP contribution >= 0.6 is 63.7 Å². The summed E-state index contributed by atoms with van der Waals surface area (Å²) in [5.74, 6) is -0.839. The van der Waals surface area contributed by atoms with Crippen LogP contribution in [0.15, 0.2) is 0 Å². The summed E-state index contributed by atoms with van der Waals surface area (Å²) >= 11 is 13.4. The molecule has 0 aromatic heterocycles. The maximum Gasteiger partial charge on any atom is 0.303 e. The van der Waals surface area contributed by atoms with Gasteiger partial charge in [-0.2, -0.15) is 0 Å². The number of ether oxygens (including phenoxy) is 2. The van der Waals surface area contributed by atoms with E-state index in [1.165, 1.54) is 13.8 Å². The summed E-state index contributed by atoms with van der Waals surface area (Å²) in [6.07, 6.45) is -1.15. The Bertz CT molecular complexity index is 259. The molecule has 4 unspecified atom stereocenters. The van der Waals surface area contributed by atoms with Gasteiger partial charge in [-0.15, -0.1) is 0 Å². The minimum atomic E-state index is -0.576. The molecule has 0 spiro atoms. The Morgan fingerprint density at radius 1 is 0.889 bits per heavy atom. The highest BCUT2D eigenvalue weighted by Crippen LogP contribution is 2.25. The van der Waals surface area contributed by atoms with Crippen LogP contribution in [0.25, 0.3) is 0 Å². The van der Waals surface area contributed by atoms with E-state index in [1.54, 1.807) is 0 Å². The van der Waals surface area contributed by atoms with Crippen LogP contribution in [0.4, 0.5) is 0 Å². The lowest BCUT2D eigenvalue weighted by Crippen LogP contribution is -2.46. The second-order valence-corrected chi connectivity index (χ2v) is 7.14. The van der Waals surface area contributed by atoms with Crippen molar-refractivity contribution in [1.82, 2.24) is 0 Å². The van der Waals surface area contributed by atoms with Gasteiger partial charge in [-0.3, -0.25) is 9.59 Å². The van der Waals surface area contributed by atoms with Gasteiger partial charge in [0.25, 0.3) is 0 Å². The number of alkyl halides is 4. The lowest BCUT2D eigenvalue weighted by atomic mass is 10.1. The van der Waals surface area contributed by atoms with Crippen molar-refractivity contribution in [2.75, 3.05) is 10.7 Å². The molecule has 0 aliphatic carbocycles. The van der Waals surface area contributed by atoms with Crippen LogP contribution in [-0.2, 0) is 19.1 Å². The quantitative estimate of drug-likeness (QED) is 0.385. The van der Waals surface area contributed by atoms with Crippen LogP contribution < -0.4 is 0 Å². The highest BCUT2D eigenvalue weighted by atomic mass is 79.9. The Hall–Kier alpha value is 0.860. The predicted molar refractivity (Wildman–Crippen MR) is 84.1 cm³/mol. The van der Waals surface area contributed by atoms with E-state index in [1.807, 2.05) is 0 Å². The fourth-order valence-corrected chi connectivity index (χ4v) is 2.81. The number of halogens is 4. The Labute approximate surface area is 140 Å². The first-order chi connectivity index (χ1) is 8.33. The second-order valence-electron chi connectivity index (χ2n) is 3.49. The third-order valence-electron chi connectivity index (χ3n) is 1.94. The molecule has 0 fully saturated rings. The Morgan fingerprint density at radius 3 is 1.33 bits per heavy atom. The molecule has 18 heavy (non-hydrogen) atoms. The Morgan fingerprint density at radius 2 is 1.17 bits per heavy atom. The topological polar surface area (TPSA) is 52.6 Å². The molecule has 0 bridgehead atoms. The molecule has 4 nitrogen and oxygen atoms in total. The van der Waals surface area contributed by atoms with Crippen molar-refractivity contribution in [2.24, 2.45) is 0 Å². The van der Waals surface area contributed by atoms with E-state index in [2.05, 4.69) is 63.7 Å². The zero-order chi connectivity index (χ0) is 14.3. The van der Waals surface area contributed by atoms with Crippen LogP contribution in [0, 0.1) is 0 Å². The fourth-order valence-electron chi connectivity index (χ4n) is 1.25. The van der Waals surface area contributed by atoms with Gasteiger partial charge in [-0.05, 0) is 0 Å². The van der Waals surface area contributed by atoms with Crippen molar-refractivity contribution in [3.8, 4) is 0 Å². The predicted octanol–water partition coefficient (Wildman–Crippen LogP) is 3.17. The smallest absolute Gasteiger partial charge is 0.303 e. The summed E-state index contributed by atoms with van der Waals surface area (Å²) in [4.78, 5) is 22.0. The van der Waals surface area contributed by atoms with Crippen molar-refractivity contribution < 1.29 is 19.1 Å². The molecule has 4 atom stereocenters. The molecule has 0 N–H and O–H groups in total. The number of hydrogen-bond acceptors (Lipinski definition) is 4. The largest absolute Gasteiger partial charge is 0.457 e. The zero-order valence-corrected chi connectivity index (χ0v) is 16.2. The molecule has 0 aromatic rings. The number of hydrogen-bond donors (Lipinski definition) is 0. The summed E-state index contributed by atoms with van der Waals surface area (Å²) in [6.45, 7) is 2.65. The van der Waals surface area contributed by atoms with Crippen LogP contribution in [0.5, 0.6) is 0 Å². The van der Waals surface area contributed by atoms with Crippen LogP contribution in [0.3, 0.4) is 0 Å². The van der Waals surface area contributed by atoms with Crippen LogP contribution in [0.2, 0.25) is 0 Å².